The van der Waals surface area contributed by atoms with E-state index >= 15 is 0 Å². The van der Waals surface area contributed by atoms with Crippen molar-refractivity contribution in [3.63, 3.8) is 0 Å². The molecule has 212 valence electrons. The van der Waals surface area contributed by atoms with E-state index < -0.39 is 29.4 Å². The van der Waals surface area contributed by atoms with Crippen LogP contribution in [0.4, 0.5) is 0 Å². The van der Waals surface area contributed by atoms with Crippen LogP contribution in [0.25, 0.3) is 0 Å². The number of hydrogen-bond donors (Lipinski definition) is 2. The third-order valence-electron chi connectivity index (χ3n) is 6.82. The van der Waals surface area contributed by atoms with Gasteiger partial charge < -0.3 is 0 Å². The predicted molar refractivity (Wildman–Crippen MR) is 131 cm³/mol. The molecule has 4 rings (SSSR count). The van der Waals surface area contributed by atoms with Crippen molar-refractivity contribution in [3.05, 3.63) is 0 Å². The number of imide groups is 1. The smallest absolute Gasteiger partial charge is 0.297 e. The van der Waals surface area contributed by atoms with Crippen LogP contribution in [0, 0.1) is 0 Å². The maximum absolute atomic E-state index is 12.5. The van der Waals surface area contributed by atoms with E-state index in [2.05, 4.69) is 32.6 Å². The SMILES string of the molecule is O=C1CN2CCN(CCN3CCN(CC2)CC(=O)OOC(NCCN2C(=O)C[C@H](S)C2=O)C3)CC(=O)OO1. The molecule has 0 aromatic rings. The van der Waals surface area contributed by atoms with E-state index in [4.69, 9.17) is 9.78 Å². The monoisotopic (exact) mass is 558 g/mol. The number of amides is 2. The fourth-order valence-electron chi connectivity index (χ4n) is 4.67. The molecule has 0 spiro atoms. The van der Waals surface area contributed by atoms with Crippen LogP contribution in [0.3, 0.4) is 0 Å². The first-order valence-corrected chi connectivity index (χ1v) is 13.2. The minimum atomic E-state index is -0.711. The summed E-state index contributed by atoms with van der Waals surface area (Å²) in [6.07, 6.45) is -0.634. The molecule has 16 heteroatoms. The summed E-state index contributed by atoms with van der Waals surface area (Å²) in [5, 5.41) is 2.50. The van der Waals surface area contributed by atoms with Gasteiger partial charge in [0.25, 0.3) is 0 Å². The highest BCUT2D eigenvalue weighted by atomic mass is 32.1. The third kappa shape index (κ3) is 8.33. The first-order chi connectivity index (χ1) is 18.3. The summed E-state index contributed by atoms with van der Waals surface area (Å²) in [4.78, 5) is 89.6. The number of nitrogens with zero attached hydrogens (tertiary/aromatic N) is 5. The Morgan fingerprint density at radius 2 is 1.18 bits per heavy atom. The lowest BCUT2D eigenvalue weighted by molar-refractivity contribution is -0.307. The summed E-state index contributed by atoms with van der Waals surface area (Å²) in [5.41, 5.74) is 0. The zero-order valence-corrected chi connectivity index (χ0v) is 22.0. The molecule has 0 aliphatic carbocycles. The number of thiol groups is 1. The Kier molecular flexibility index (Phi) is 10.3. The van der Waals surface area contributed by atoms with Crippen molar-refractivity contribution >= 4 is 42.4 Å². The van der Waals surface area contributed by atoms with Crippen molar-refractivity contribution in [3.8, 4) is 0 Å². The van der Waals surface area contributed by atoms with Crippen molar-refractivity contribution in [1.29, 1.82) is 0 Å². The lowest BCUT2D eigenvalue weighted by Gasteiger charge is -2.35. The van der Waals surface area contributed by atoms with E-state index in [9.17, 15) is 24.0 Å². The van der Waals surface area contributed by atoms with Gasteiger partial charge >= 0.3 is 17.9 Å². The van der Waals surface area contributed by atoms with Crippen LogP contribution < -0.4 is 5.32 Å². The van der Waals surface area contributed by atoms with Crippen LogP contribution in [0.15, 0.2) is 0 Å². The Morgan fingerprint density at radius 3 is 1.66 bits per heavy atom. The molecule has 2 amide bonds. The molecule has 6 atom stereocenters. The van der Waals surface area contributed by atoms with Crippen LogP contribution in [0.2, 0.25) is 0 Å². The van der Waals surface area contributed by atoms with Gasteiger partial charge in [-0.1, -0.05) is 0 Å². The van der Waals surface area contributed by atoms with Crippen molar-refractivity contribution in [2.45, 2.75) is 17.9 Å². The summed E-state index contributed by atoms with van der Waals surface area (Å²) >= 11 is 4.14. The molecule has 4 bridgehead atoms. The highest BCUT2D eigenvalue weighted by molar-refractivity contribution is 7.81. The van der Waals surface area contributed by atoms with Gasteiger partial charge in [-0.3, -0.25) is 44.3 Å². The molecule has 4 aliphatic heterocycles. The van der Waals surface area contributed by atoms with Gasteiger partial charge in [0.2, 0.25) is 11.8 Å². The molecule has 0 aromatic heterocycles. The number of carbonyl (C=O) groups excluding carboxylic acids is 5. The molecule has 5 unspecified atom stereocenters. The van der Waals surface area contributed by atoms with E-state index in [0.29, 0.717) is 58.9 Å². The first-order valence-electron chi connectivity index (χ1n) is 12.7. The Morgan fingerprint density at radius 1 is 0.711 bits per heavy atom. The number of likely N-dealkylation sites (tertiary alicyclic amines) is 1. The summed E-state index contributed by atoms with van der Waals surface area (Å²) in [7, 11) is 0. The largest absolute Gasteiger partial charge is 0.369 e. The highest BCUT2D eigenvalue weighted by Gasteiger charge is 2.36. The van der Waals surface area contributed by atoms with E-state index in [1.54, 1.807) is 0 Å². The van der Waals surface area contributed by atoms with Gasteiger partial charge in [0.15, 0.2) is 6.23 Å². The first kappa shape index (κ1) is 28.7. The van der Waals surface area contributed by atoms with Crippen LogP contribution in [-0.2, 0) is 43.5 Å². The van der Waals surface area contributed by atoms with Gasteiger partial charge in [-0.05, 0) is 0 Å². The average molecular weight is 559 g/mol. The second kappa shape index (κ2) is 13.6. The molecule has 4 heterocycles. The van der Waals surface area contributed by atoms with Gasteiger partial charge in [-0.15, -0.1) is 0 Å². The summed E-state index contributed by atoms with van der Waals surface area (Å²) < 4.78 is 0. The lowest BCUT2D eigenvalue weighted by Crippen LogP contribution is -2.53. The van der Waals surface area contributed by atoms with Gasteiger partial charge in [-0.2, -0.15) is 17.5 Å². The minimum absolute atomic E-state index is 0.00268. The molecule has 0 aromatic carbocycles. The van der Waals surface area contributed by atoms with Crippen LogP contribution >= 0.6 is 12.6 Å². The minimum Gasteiger partial charge on any atom is -0.297 e. The fourth-order valence-corrected chi connectivity index (χ4v) is 4.96. The maximum atomic E-state index is 12.5. The summed E-state index contributed by atoms with van der Waals surface area (Å²) in [6.45, 7) is 5.04. The number of rotatable bonds is 4. The highest BCUT2D eigenvalue weighted by Crippen LogP contribution is 2.17. The molecule has 4 fully saturated rings. The van der Waals surface area contributed by atoms with E-state index in [1.807, 2.05) is 14.7 Å². The Labute approximate surface area is 225 Å². The van der Waals surface area contributed by atoms with Crippen LogP contribution in [0.5, 0.6) is 0 Å². The van der Waals surface area contributed by atoms with Gasteiger partial charge in [0.1, 0.15) is 19.6 Å². The molecule has 38 heavy (non-hydrogen) atoms. The molecule has 0 saturated carbocycles. The van der Waals surface area contributed by atoms with Gasteiger partial charge in [0.05, 0.1) is 5.25 Å². The predicted octanol–water partition coefficient (Wildman–Crippen LogP) is -3.32. The van der Waals surface area contributed by atoms with Crippen LogP contribution in [0.1, 0.15) is 6.42 Å². The molecule has 0 radical (unpaired) electrons. The van der Waals surface area contributed by atoms with E-state index in [1.165, 1.54) is 0 Å². The number of nitrogens with one attached hydrogen (secondary N) is 1. The summed E-state index contributed by atoms with van der Waals surface area (Å²) in [6, 6.07) is 0. The van der Waals surface area contributed by atoms with Crippen molar-refractivity contribution < 1.29 is 43.5 Å². The molecule has 1 N–H and O–H groups in total. The Balaban J connectivity index is 1.41. The number of hydrogen-bond acceptors (Lipinski definition) is 15. The molecule has 4 saturated heterocycles. The third-order valence-corrected chi connectivity index (χ3v) is 7.23. The average Bonchev–Trinajstić information content (AvgIpc) is 3.12. The molecular weight excluding hydrogens is 524 g/mol. The topological polar surface area (TPSA) is 150 Å². The van der Waals surface area contributed by atoms with Crippen molar-refractivity contribution in [1.82, 2.24) is 29.8 Å². The Hall–Kier alpha value is -2.34. The maximum Gasteiger partial charge on any atom is 0.369 e. The molecule has 15 nitrogen and oxygen atoms in total. The van der Waals surface area contributed by atoms with E-state index in [0.717, 1.165) is 4.90 Å². The molecular formula is C22H34N6O9S. The molecule has 4 aliphatic rings. The second-order valence-electron chi connectivity index (χ2n) is 9.64. The van der Waals surface area contributed by atoms with Gasteiger partial charge in [0, 0.05) is 78.4 Å². The zero-order chi connectivity index (χ0) is 27.1. The quantitative estimate of drug-likeness (QED) is 0.201. The van der Waals surface area contributed by atoms with Crippen molar-refractivity contribution in [2.75, 3.05) is 91.6 Å². The second-order valence-corrected chi connectivity index (χ2v) is 10.3. The normalized spacial score (nSPS) is 34.1. The zero-order valence-electron chi connectivity index (χ0n) is 21.1. The van der Waals surface area contributed by atoms with Crippen LogP contribution in [-0.4, -0.2) is 157 Å². The standard InChI is InChI=1S/C22H34N6O9S/c29-18-11-16(38)22(33)28(18)2-1-23-17-12-24-3-5-25(13-19(30)35-34-17)7-9-27-10-8-26(6-4-24)14-20(31)36-37-21(32)15-27/h16-17,23,38H,1-15H2/t16-,17?/m0/s1. The fraction of sp³-hybridized carbons (Fsp3) is 0.773. The number of fused-ring (bicyclic) bond motifs is 6. The van der Waals surface area contributed by atoms with Gasteiger partial charge in [-0.25, -0.2) is 24.2 Å². The van der Waals surface area contributed by atoms with E-state index in [-0.39, 0.29) is 51.0 Å². The number of carbonyl (C=O) groups is 5. The lowest BCUT2D eigenvalue weighted by atomic mass is 10.3. The Bertz CT molecular complexity index is 911. The van der Waals surface area contributed by atoms with Crippen molar-refractivity contribution in [2.24, 2.45) is 0 Å². The summed E-state index contributed by atoms with van der Waals surface area (Å²) in [5.74, 6) is -2.45.